The molecule has 2 N–H and O–H groups in total. The SMILES string of the molecule is COc1ccc(Nc2c3c(nc4ccc(NC(=O)/C=C/c5ccco5)cc24)CCCC3)cc1OC.Cl. The molecule has 2 heterocycles. The lowest BCUT2D eigenvalue weighted by Gasteiger charge is -2.22. The number of carbonyl (C=O) groups excluding carboxylic acids is 1. The van der Waals surface area contributed by atoms with Gasteiger partial charge in [0.05, 0.1) is 31.7 Å². The molecule has 8 heteroatoms. The Bertz CT molecular complexity index is 1400. The van der Waals surface area contributed by atoms with Gasteiger partial charge in [-0.3, -0.25) is 9.78 Å². The fraction of sp³-hybridized carbons (Fsp3) is 0.214. The van der Waals surface area contributed by atoms with Crippen LogP contribution in [0.25, 0.3) is 17.0 Å². The first-order valence-corrected chi connectivity index (χ1v) is 11.6. The van der Waals surface area contributed by atoms with Crippen LogP contribution in [0.2, 0.25) is 0 Å². The molecule has 0 saturated heterocycles. The van der Waals surface area contributed by atoms with Gasteiger partial charge in [0.25, 0.3) is 0 Å². The van der Waals surface area contributed by atoms with E-state index in [1.807, 2.05) is 36.4 Å². The summed E-state index contributed by atoms with van der Waals surface area (Å²) in [6.45, 7) is 0. The van der Waals surface area contributed by atoms with Crippen LogP contribution in [0.1, 0.15) is 29.9 Å². The maximum Gasteiger partial charge on any atom is 0.248 e. The molecule has 1 aliphatic carbocycles. The third-order valence-corrected chi connectivity index (χ3v) is 6.12. The number of hydrogen-bond acceptors (Lipinski definition) is 6. The van der Waals surface area contributed by atoms with E-state index in [0.29, 0.717) is 22.9 Å². The van der Waals surface area contributed by atoms with E-state index in [1.165, 1.54) is 11.6 Å². The molecule has 0 fully saturated rings. The molecule has 0 spiro atoms. The van der Waals surface area contributed by atoms with E-state index >= 15 is 0 Å². The first-order valence-electron chi connectivity index (χ1n) is 11.6. The quantitative estimate of drug-likeness (QED) is 0.277. The van der Waals surface area contributed by atoms with Crippen molar-refractivity contribution < 1.29 is 18.7 Å². The first kappa shape index (κ1) is 25.1. The second kappa shape index (κ2) is 11.2. The molecule has 2 aromatic carbocycles. The highest BCUT2D eigenvalue weighted by atomic mass is 35.5. The van der Waals surface area contributed by atoms with Gasteiger partial charge in [-0.05, 0) is 79.8 Å². The molecule has 5 rings (SSSR count). The average Bonchev–Trinajstić information content (AvgIpc) is 3.41. The fourth-order valence-electron chi connectivity index (χ4n) is 4.43. The van der Waals surface area contributed by atoms with Gasteiger partial charge >= 0.3 is 0 Å². The molecule has 0 saturated carbocycles. The number of carbonyl (C=O) groups is 1. The van der Waals surface area contributed by atoms with Crippen molar-refractivity contribution in [3.8, 4) is 11.5 Å². The van der Waals surface area contributed by atoms with Gasteiger partial charge in [0, 0.05) is 34.6 Å². The molecule has 4 aromatic rings. The number of ether oxygens (including phenoxy) is 2. The maximum atomic E-state index is 12.5. The number of furan rings is 1. The van der Waals surface area contributed by atoms with Crippen molar-refractivity contribution in [1.29, 1.82) is 0 Å². The molecule has 1 aliphatic rings. The molecule has 186 valence electrons. The Hall–Kier alpha value is -3.97. The number of pyridine rings is 1. The number of nitrogens with one attached hydrogen (secondary N) is 2. The van der Waals surface area contributed by atoms with Crippen molar-refractivity contribution in [2.75, 3.05) is 24.9 Å². The molecule has 7 nitrogen and oxygen atoms in total. The molecule has 0 radical (unpaired) electrons. The van der Waals surface area contributed by atoms with Gasteiger partial charge in [-0.25, -0.2) is 0 Å². The lowest BCUT2D eigenvalue weighted by molar-refractivity contribution is -0.111. The zero-order chi connectivity index (χ0) is 24.2. The summed E-state index contributed by atoms with van der Waals surface area (Å²) in [6, 6.07) is 15.1. The summed E-state index contributed by atoms with van der Waals surface area (Å²) in [4.78, 5) is 17.4. The molecule has 0 unspecified atom stereocenters. The number of aryl methyl sites for hydroxylation is 1. The number of aromatic nitrogens is 1. The number of hydrogen-bond donors (Lipinski definition) is 2. The monoisotopic (exact) mass is 505 g/mol. The lowest BCUT2D eigenvalue weighted by atomic mass is 9.92. The van der Waals surface area contributed by atoms with Crippen molar-refractivity contribution >= 4 is 52.4 Å². The van der Waals surface area contributed by atoms with Crippen molar-refractivity contribution in [3.63, 3.8) is 0 Å². The Labute approximate surface area is 215 Å². The molecule has 0 bridgehead atoms. The van der Waals surface area contributed by atoms with Gasteiger partial charge in [-0.1, -0.05) is 0 Å². The summed E-state index contributed by atoms with van der Waals surface area (Å²) < 4.78 is 16.1. The van der Waals surface area contributed by atoms with E-state index in [9.17, 15) is 4.79 Å². The summed E-state index contributed by atoms with van der Waals surface area (Å²) >= 11 is 0. The number of amides is 1. The topological polar surface area (TPSA) is 85.6 Å². The van der Waals surface area contributed by atoms with E-state index in [0.717, 1.165) is 53.7 Å². The summed E-state index contributed by atoms with van der Waals surface area (Å²) in [7, 11) is 3.25. The fourth-order valence-corrected chi connectivity index (χ4v) is 4.43. The highest BCUT2D eigenvalue weighted by Gasteiger charge is 2.19. The van der Waals surface area contributed by atoms with E-state index in [-0.39, 0.29) is 18.3 Å². The summed E-state index contributed by atoms with van der Waals surface area (Å²) in [5.74, 6) is 1.71. The standard InChI is InChI=1S/C28H27N3O4.ClH/c1-33-25-13-10-19(17-26(25)34-2)30-28-21-7-3-4-8-23(21)31-24-12-9-18(16-22(24)28)29-27(32)14-11-20-6-5-15-35-20;/h5-6,9-17H,3-4,7-8H2,1-2H3,(H,29,32)(H,30,31);1H/b14-11+;. The van der Waals surface area contributed by atoms with E-state index in [2.05, 4.69) is 10.6 Å². The molecular formula is C28H28ClN3O4. The Kier molecular flexibility index (Phi) is 7.80. The Balaban J connectivity index is 0.00000304. The van der Waals surface area contributed by atoms with Crippen LogP contribution in [0.4, 0.5) is 17.1 Å². The van der Waals surface area contributed by atoms with E-state index < -0.39 is 0 Å². The van der Waals surface area contributed by atoms with Gasteiger partial charge in [0.2, 0.25) is 5.91 Å². The van der Waals surface area contributed by atoms with E-state index in [4.69, 9.17) is 18.9 Å². The summed E-state index contributed by atoms with van der Waals surface area (Å²) in [5, 5.41) is 7.50. The second-order valence-electron chi connectivity index (χ2n) is 8.38. The lowest BCUT2D eigenvalue weighted by Crippen LogP contribution is -2.11. The number of benzene rings is 2. The molecule has 0 aliphatic heterocycles. The van der Waals surface area contributed by atoms with Gasteiger partial charge in [0.15, 0.2) is 11.5 Å². The Morgan fingerprint density at radius 3 is 2.58 bits per heavy atom. The zero-order valence-electron chi connectivity index (χ0n) is 20.2. The highest BCUT2D eigenvalue weighted by Crippen LogP contribution is 2.38. The minimum Gasteiger partial charge on any atom is -0.493 e. The smallest absolute Gasteiger partial charge is 0.248 e. The third-order valence-electron chi connectivity index (χ3n) is 6.12. The molecule has 2 aromatic heterocycles. The number of halogens is 1. The van der Waals surface area contributed by atoms with Crippen LogP contribution in [0.3, 0.4) is 0 Å². The molecule has 1 amide bonds. The van der Waals surface area contributed by atoms with Crippen LogP contribution >= 0.6 is 12.4 Å². The van der Waals surface area contributed by atoms with Gasteiger partial charge in [-0.15, -0.1) is 12.4 Å². The van der Waals surface area contributed by atoms with Crippen LogP contribution < -0.4 is 20.1 Å². The first-order chi connectivity index (χ1) is 17.1. The third kappa shape index (κ3) is 5.31. The molecule has 0 atom stereocenters. The van der Waals surface area contributed by atoms with Crippen molar-refractivity contribution in [3.05, 3.63) is 77.9 Å². The number of anilines is 3. The van der Waals surface area contributed by atoms with E-state index in [1.54, 1.807) is 38.7 Å². The van der Waals surface area contributed by atoms with Crippen LogP contribution in [0.15, 0.2) is 65.3 Å². The minimum atomic E-state index is -0.235. The van der Waals surface area contributed by atoms with Gasteiger partial charge in [0.1, 0.15) is 5.76 Å². The minimum absolute atomic E-state index is 0. The number of rotatable bonds is 7. The largest absolute Gasteiger partial charge is 0.493 e. The van der Waals surface area contributed by atoms with Crippen LogP contribution in [0.5, 0.6) is 11.5 Å². The predicted octanol–water partition coefficient (Wildman–Crippen LogP) is 6.54. The van der Waals surface area contributed by atoms with Crippen LogP contribution in [-0.2, 0) is 17.6 Å². The predicted molar refractivity (Wildman–Crippen MR) is 145 cm³/mol. The van der Waals surface area contributed by atoms with Crippen LogP contribution in [0, 0.1) is 0 Å². The highest BCUT2D eigenvalue weighted by molar-refractivity contribution is 6.04. The number of fused-ring (bicyclic) bond motifs is 2. The van der Waals surface area contributed by atoms with Crippen LogP contribution in [-0.4, -0.2) is 25.1 Å². The van der Waals surface area contributed by atoms with Crippen molar-refractivity contribution in [2.45, 2.75) is 25.7 Å². The normalized spacial score (nSPS) is 12.6. The average molecular weight is 506 g/mol. The number of nitrogens with zero attached hydrogens (tertiary/aromatic N) is 1. The van der Waals surface area contributed by atoms with Crippen molar-refractivity contribution in [2.24, 2.45) is 0 Å². The molecule has 36 heavy (non-hydrogen) atoms. The zero-order valence-corrected chi connectivity index (χ0v) is 21.0. The van der Waals surface area contributed by atoms with Gasteiger partial charge in [-0.2, -0.15) is 0 Å². The summed E-state index contributed by atoms with van der Waals surface area (Å²) in [5.41, 5.74) is 5.83. The maximum absolute atomic E-state index is 12.5. The van der Waals surface area contributed by atoms with Gasteiger partial charge < -0.3 is 24.5 Å². The summed E-state index contributed by atoms with van der Waals surface area (Å²) in [6.07, 6.45) is 8.83. The Morgan fingerprint density at radius 2 is 1.81 bits per heavy atom. The molecular weight excluding hydrogens is 478 g/mol. The Morgan fingerprint density at radius 1 is 1.00 bits per heavy atom. The second-order valence-corrected chi connectivity index (χ2v) is 8.38. The number of methoxy groups -OCH3 is 2. The van der Waals surface area contributed by atoms with Crippen molar-refractivity contribution in [1.82, 2.24) is 4.98 Å².